The first-order valence-electron chi connectivity index (χ1n) is 6.46. The Morgan fingerprint density at radius 3 is 2.33 bits per heavy atom. The van der Waals surface area contributed by atoms with Crippen molar-refractivity contribution in [2.45, 2.75) is 26.3 Å². The van der Waals surface area contributed by atoms with Crippen LogP contribution in [-0.4, -0.2) is 39.8 Å². The summed E-state index contributed by atoms with van der Waals surface area (Å²) >= 11 is 0. The Morgan fingerprint density at radius 1 is 1.29 bits per heavy atom. The van der Waals surface area contributed by atoms with Crippen LogP contribution in [0.3, 0.4) is 0 Å². The Labute approximate surface area is 126 Å². The zero-order valence-electron chi connectivity index (χ0n) is 13.0. The van der Waals surface area contributed by atoms with Crippen molar-refractivity contribution in [1.29, 1.82) is 0 Å². The average Bonchev–Trinajstić information content (AvgIpc) is 2.32. The van der Waals surface area contributed by atoms with Crippen molar-refractivity contribution >= 4 is 21.6 Å². The van der Waals surface area contributed by atoms with Gasteiger partial charge in [0.15, 0.2) is 0 Å². The molecule has 1 amide bonds. The maximum absolute atomic E-state index is 12.0. The number of carbonyl (C=O) groups is 1. The predicted molar refractivity (Wildman–Crippen MR) is 83.1 cm³/mol. The molecule has 0 spiro atoms. The van der Waals surface area contributed by atoms with Gasteiger partial charge in [-0.2, -0.15) is 0 Å². The van der Waals surface area contributed by atoms with Crippen LogP contribution in [0.1, 0.15) is 20.8 Å². The van der Waals surface area contributed by atoms with Crippen molar-refractivity contribution in [3.8, 4) is 5.75 Å². The molecule has 0 unspecified atom stereocenters. The maximum atomic E-state index is 12.0. The molecular weight excluding hydrogens is 292 g/mol. The SMILES string of the molecule is COc1ccccc1N(CC(=O)NC(C)(C)C)S(C)(=O)=O. The summed E-state index contributed by atoms with van der Waals surface area (Å²) in [5.74, 6) is 0.0188. The quantitative estimate of drug-likeness (QED) is 0.891. The van der Waals surface area contributed by atoms with Gasteiger partial charge in [0, 0.05) is 5.54 Å². The van der Waals surface area contributed by atoms with Crippen LogP contribution in [0.2, 0.25) is 0 Å². The second-order valence-corrected chi connectivity index (χ2v) is 7.65. The molecule has 0 fully saturated rings. The number of nitrogens with one attached hydrogen (secondary N) is 1. The third kappa shape index (κ3) is 5.26. The topological polar surface area (TPSA) is 75.7 Å². The molecule has 0 aliphatic rings. The van der Waals surface area contributed by atoms with E-state index in [0.29, 0.717) is 11.4 Å². The van der Waals surface area contributed by atoms with Crippen molar-refractivity contribution in [3.05, 3.63) is 24.3 Å². The van der Waals surface area contributed by atoms with Gasteiger partial charge in [-0.1, -0.05) is 12.1 Å². The molecule has 0 aliphatic carbocycles. The van der Waals surface area contributed by atoms with E-state index in [2.05, 4.69) is 5.32 Å². The second kappa shape index (κ2) is 6.34. The molecule has 1 N–H and O–H groups in total. The van der Waals surface area contributed by atoms with E-state index in [-0.39, 0.29) is 12.5 Å². The molecule has 0 aromatic heterocycles. The van der Waals surface area contributed by atoms with Crippen LogP contribution < -0.4 is 14.4 Å². The van der Waals surface area contributed by atoms with Crippen molar-refractivity contribution in [2.24, 2.45) is 0 Å². The van der Waals surface area contributed by atoms with E-state index >= 15 is 0 Å². The van der Waals surface area contributed by atoms with Gasteiger partial charge in [-0.25, -0.2) is 8.42 Å². The van der Waals surface area contributed by atoms with Crippen LogP contribution in [0, 0.1) is 0 Å². The van der Waals surface area contributed by atoms with Gasteiger partial charge >= 0.3 is 0 Å². The molecule has 0 radical (unpaired) electrons. The number of benzene rings is 1. The van der Waals surface area contributed by atoms with Crippen LogP contribution in [0.4, 0.5) is 5.69 Å². The highest BCUT2D eigenvalue weighted by Gasteiger charge is 2.25. The molecule has 0 aliphatic heterocycles. The first kappa shape index (κ1) is 17.3. The highest BCUT2D eigenvalue weighted by molar-refractivity contribution is 7.92. The van der Waals surface area contributed by atoms with Crippen LogP contribution in [-0.2, 0) is 14.8 Å². The predicted octanol–water partition coefficient (Wildman–Crippen LogP) is 1.38. The molecule has 0 atom stereocenters. The van der Waals surface area contributed by atoms with Gasteiger partial charge in [-0.05, 0) is 32.9 Å². The number of sulfonamides is 1. The van der Waals surface area contributed by atoms with Gasteiger partial charge in [-0.3, -0.25) is 9.10 Å². The Kier molecular flexibility index (Phi) is 5.22. The maximum Gasteiger partial charge on any atom is 0.241 e. The summed E-state index contributed by atoms with van der Waals surface area (Å²) < 4.78 is 30.2. The van der Waals surface area contributed by atoms with E-state index in [1.165, 1.54) is 7.11 Å². The number of hydrogen-bond donors (Lipinski definition) is 1. The lowest BCUT2D eigenvalue weighted by Gasteiger charge is -2.26. The average molecular weight is 314 g/mol. The molecule has 7 heteroatoms. The van der Waals surface area contributed by atoms with Gasteiger partial charge in [0.05, 0.1) is 19.1 Å². The Hall–Kier alpha value is -1.76. The third-order valence-corrected chi connectivity index (χ3v) is 3.68. The summed E-state index contributed by atoms with van der Waals surface area (Å²) in [5.41, 5.74) is -0.0901. The molecule has 0 saturated carbocycles. The van der Waals surface area contributed by atoms with Crippen molar-refractivity contribution < 1.29 is 17.9 Å². The molecule has 118 valence electrons. The van der Waals surface area contributed by atoms with E-state index in [4.69, 9.17) is 4.74 Å². The van der Waals surface area contributed by atoms with E-state index in [9.17, 15) is 13.2 Å². The molecule has 1 aromatic rings. The summed E-state index contributed by atoms with van der Waals surface area (Å²) in [4.78, 5) is 12.0. The minimum Gasteiger partial charge on any atom is -0.495 e. The molecule has 1 aromatic carbocycles. The fourth-order valence-corrected chi connectivity index (χ4v) is 2.66. The molecule has 0 bridgehead atoms. The lowest BCUT2D eigenvalue weighted by atomic mass is 10.1. The van der Waals surface area contributed by atoms with Crippen LogP contribution in [0.5, 0.6) is 5.75 Å². The second-order valence-electron chi connectivity index (χ2n) is 5.74. The van der Waals surface area contributed by atoms with E-state index in [0.717, 1.165) is 10.6 Å². The summed E-state index contributed by atoms with van der Waals surface area (Å²) in [6.45, 7) is 5.20. The number of nitrogens with zero attached hydrogens (tertiary/aromatic N) is 1. The largest absolute Gasteiger partial charge is 0.495 e. The minimum absolute atomic E-state index is 0.295. The number of para-hydroxylation sites is 2. The van der Waals surface area contributed by atoms with Gasteiger partial charge in [0.1, 0.15) is 12.3 Å². The fourth-order valence-electron chi connectivity index (χ4n) is 1.81. The minimum atomic E-state index is -3.61. The van der Waals surface area contributed by atoms with E-state index in [1.807, 2.05) is 20.8 Å². The molecule has 0 saturated heterocycles. The number of ether oxygens (including phenoxy) is 1. The molecule has 6 nitrogen and oxygen atoms in total. The highest BCUT2D eigenvalue weighted by atomic mass is 32.2. The molecule has 0 heterocycles. The first-order chi connectivity index (χ1) is 9.54. The fraction of sp³-hybridized carbons (Fsp3) is 0.500. The smallest absolute Gasteiger partial charge is 0.241 e. The van der Waals surface area contributed by atoms with Crippen molar-refractivity contribution in [2.75, 3.05) is 24.2 Å². The summed E-state index contributed by atoms with van der Waals surface area (Å²) in [6, 6.07) is 6.68. The molecule has 21 heavy (non-hydrogen) atoms. The highest BCUT2D eigenvalue weighted by Crippen LogP contribution is 2.29. The lowest BCUT2D eigenvalue weighted by Crippen LogP contribution is -2.47. The Bertz CT molecular complexity index is 606. The van der Waals surface area contributed by atoms with Gasteiger partial charge in [0.2, 0.25) is 15.9 Å². The monoisotopic (exact) mass is 314 g/mol. The van der Waals surface area contributed by atoms with Gasteiger partial charge in [-0.15, -0.1) is 0 Å². The van der Waals surface area contributed by atoms with Gasteiger partial charge < -0.3 is 10.1 Å². The number of rotatable bonds is 5. The Balaban J connectivity index is 3.12. The summed E-state index contributed by atoms with van der Waals surface area (Å²) in [5, 5.41) is 2.74. The van der Waals surface area contributed by atoms with Crippen LogP contribution in [0.15, 0.2) is 24.3 Å². The zero-order valence-corrected chi connectivity index (χ0v) is 13.8. The van der Waals surface area contributed by atoms with Crippen molar-refractivity contribution in [3.63, 3.8) is 0 Å². The van der Waals surface area contributed by atoms with Gasteiger partial charge in [0.25, 0.3) is 0 Å². The number of amides is 1. The van der Waals surface area contributed by atoms with Crippen LogP contribution in [0.25, 0.3) is 0 Å². The molecular formula is C14H22N2O4S. The zero-order chi connectivity index (χ0) is 16.3. The Morgan fingerprint density at radius 2 is 1.86 bits per heavy atom. The summed E-state index contributed by atoms with van der Waals surface area (Å²) in [6.07, 6.45) is 1.06. The number of hydrogen-bond acceptors (Lipinski definition) is 4. The number of carbonyl (C=O) groups excluding carboxylic acids is 1. The first-order valence-corrected chi connectivity index (χ1v) is 8.31. The summed E-state index contributed by atoms with van der Waals surface area (Å²) in [7, 11) is -2.16. The van der Waals surface area contributed by atoms with Crippen LogP contribution >= 0.6 is 0 Å². The van der Waals surface area contributed by atoms with E-state index in [1.54, 1.807) is 24.3 Å². The van der Waals surface area contributed by atoms with E-state index < -0.39 is 15.6 Å². The standard InChI is InChI=1S/C14H22N2O4S/c1-14(2,3)15-13(17)10-16(21(5,18)19)11-8-6-7-9-12(11)20-4/h6-9H,10H2,1-5H3,(H,15,17). The third-order valence-electron chi connectivity index (χ3n) is 2.56. The number of methoxy groups -OCH3 is 1. The number of anilines is 1. The van der Waals surface area contributed by atoms with Crippen molar-refractivity contribution in [1.82, 2.24) is 5.32 Å². The molecule has 1 rings (SSSR count). The normalized spacial score (nSPS) is 11.9. The lowest BCUT2D eigenvalue weighted by molar-refractivity contribution is -0.121.